The minimum atomic E-state index is -0.894. The highest BCUT2D eigenvalue weighted by Crippen LogP contribution is 2.37. The van der Waals surface area contributed by atoms with Crippen LogP contribution in [0.4, 0.5) is 22.7 Å². The van der Waals surface area contributed by atoms with E-state index in [1.807, 2.05) is 45.0 Å². The van der Waals surface area contributed by atoms with Gasteiger partial charge < -0.3 is 18.9 Å². The number of ether oxygens (including phenoxy) is 4. The van der Waals surface area contributed by atoms with Gasteiger partial charge in [-0.25, -0.2) is 0 Å². The second kappa shape index (κ2) is 21.6. The molecule has 0 amide bonds. The number of hydrogen-bond donors (Lipinski definition) is 0. The molecule has 12 heteroatoms. The van der Waals surface area contributed by atoms with Crippen LogP contribution in [0, 0.1) is 5.92 Å². The van der Waals surface area contributed by atoms with Crippen LogP contribution in [0.3, 0.4) is 0 Å². The Kier molecular flexibility index (Phi) is 16.7. The molecule has 0 saturated heterocycles. The molecule has 0 aromatic heterocycles. The third-order valence-electron chi connectivity index (χ3n) is 9.36. The zero-order valence-corrected chi connectivity index (χ0v) is 35.9. The van der Waals surface area contributed by atoms with Crippen molar-refractivity contribution in [2.45, 2.75) is 104 Å². The summed E-state index contributed by atoms with van der Waals surface area (Å²) in [5, 5.41) is 17.4. The molecule has 4 aromatic rings. The van der Waals surface area contributed by atoms with E-state index >= 15 is 0 Å². The summed E-state index contributed by atoms with van der Waals surface area (Å²) in [7, 11) is 1.65. The zero-order valence-electron chi connectivity index (χ0n) is 35.9. The summed E-state index contributed by atoms with van der Waals surface area (Å²) in [6.45, 7) is 17.3. The summed E-state index contributed by atoms with van der Waals surface area (Å²) in [6, 6.07) is 24.3. The largest absolute Gasteiger partial charge is 0.496 e. The Labute approximate surface area is 353 Å². The van der Waals surface area contributed by atoms with Gasteiger partial charge in [-0.15, -0.1) is 6.58 Å². The van der Waals surface area contributed by atoms with Crippen LogP contribution in [0.5, 0.6) is 23.0 Å². The molecule has 0 aliphatic rings. The van der Waals surface area contributed by atoms with E-state index in [0.29, 0.717) is 47.1 Å². The number of benzene rings is 4. The van der Waals surface area contributed by atoms with Gasteiger partial charge >= 0.3 is 17.9 Å². The molecular weight excluding hydrogens is 761 g/mol. The molecule has 0 N–H and O–H groups in total. The molecule has 1 unspecified atom stereocenters. The van der Waals surface area contributed by atoms with Crippen LogP contribution < -0.4 is 18.9 Å². The lowest BCUT2D eigenvalue weighted by molar-refractivity contribution is -0.143. The molecule has 0 fully saturated rings. The highest BCUT2D eigenvalue weighted by Gasteiger charge is 2.25. The van der Waals surface area contributed by atoms with E-state index in [1.54, 1.807) is 67.8 Å². The first-order valence-electron chi connectivity index (χ1n) is 20.1. The van der Waals surface area contributed by atoms with Gasteiger partial charge in [-0.05, 0) is 122 Å². The molecule has 0 aliphatic carbocycles. The minimum Gasteiger partial charge on any atom is -0.496 e. The van der Waals surface area contributed by atoms with E-state index in [9.17, 15) is 19.2 Å². The van der Waals surface area contributed by atoms with Crippen molar-refractivity contribution in [3.63, 3.8) is 0 Å². The van der Waals surface area contributed by atoms with E-state index in [-0.39, 0.29) is 53.6 Å². The van der Waals surface area contributed by atoms with Gasteiger partial charge in [0.2, 0.25) is 0 Å². The molecule has 316 valence electrons. The van der Waals surface area contributed by atoms with Gasteiger partial charge in [0.25, 0.3) is 0 Å². The molecule has 4 aromatic carbocycles. The number of nitrogens with zero attached hydrogens (tertiary/aromatic N) is 4. The molecule has 0 aliphatic heterocycles. The van der Waals surface area contributed by atoms with Crippen LogP contribution in [-0.2, 0) is 30.0 Å². The smallest absolute Gasteiger partial charge is 0.322 e. The van der Waals surface area contributed by atoms with Gasteiger partial charge in [0.05, 0.1) is 29.9 Å². The Hall–Kier alpha value is -6.30. The van der Waals surface area contributed by atoms with Crippen molar-refractivity contribution < 1.29 is 38.1 Å². The number of rotatable bonds is 19. The predicted octanol–water partition coefficient (Wildman–Crippen LogP) is 12.7. The van der Waals surface area contributed by atoms with Crippen molar-refractivity contribution in [3.8, 4) is 23.0 Å². The van der Waals surface area contributed by atoms with E-state index in [2.05, 4.69) is 47.8 Å². The molecular formula is C48H56N4O8. The van der Waals surface area contributed by atoms with Crippen molar-refractivity contribution in [2.75, 3.05) is 7.11 Å². The van der Waals surface area contributed by atoms with Crippen molar-refractivity contribution in [3.05, 3.63) is 109 Å². The number of hydrogen-bond acceptors (Lipinski definition) is 12. The standard InChI is InChI=1S/C48H56N4O8/c1-10-15-39(32(2)53)46(56)59-38-26-20-34(21-27-38)50-52-36-23-29-43(41(31-36)48(6,7)8)60-45(55)17-14-12-11-13-16-44(54)58-37-24-18-33(19-25-37)49-51-35-22-28-42(57-9)40(30-35)47(3,4)5/h10,18-31,39H,1,11-17H2,2-9H3. The predicted molar refractivity (Wildman–Crippen MR) is 232 cm³/mol. The van der Waals surface area contributed by atoms with Gasteiger partial charge in [-0.1, -0.05) is 60.5 Å². The summed E-state index contributed by atoms with van der Waals surface area (Å²) in [6.07, 6.45) is 5.01. The monoisotopic (exact) mass is 816 g/mol. The molecule has 0 radical (unpaired) electrons. The van der Waals surface area contributed by atoms with Crippen LogP contribution >= 0.6 is 0 Å². The summed E-state index contributed by atoms with van der Waals surface area (Å²) < 4.78 is 22.2. The molecule has 12 nitrogen and oxygen atoms in total. The highest BCUT2D eigenvalue weighted by molar-refractivity contribution is 5.98. The van der Waals surface area contributed by atoms with E-state index in [1.165, 1.54) is 13.0 Å². The van der Waals surface area contributed by atoms with E-state index < -0.39 is 11.9 Å². The topological polar surface area (TPSA) is 155 Å². The van der Waals surface area contributed by atoms with Crippen molar-refractivity contribution >= 4 is 46.4 Å². The lowest BCUT2D eigenvalue weighted by Crippen LogP contribution is -2.26. The first-order chi connectivity index (χ1) is 28.5. The van der Waals surface area contributed by atoms with E-state index in [0.717, 1.165) is 29.7 Å². The fraction of sp³-hybridized carbons (Fsp3) is 0.375. The summed E-state index contributed by atoms with van der Waals surface area (Å²) in [5.41, 5.74) is 3.81. The lowest BCUT2D eigenvalue weighted by atomic mass is 9.86. The molecule has 0 heterocycles. The second-order valence-corrected chi connectivity index (χ2v) is 16.4. The Morgan fingerprint density at radius 3 is 1.45 bits per heavy atom. The number of azo groups is 2. The quantitative estimate of drug-likeness (QED) is 0.0226. The van der Waals surface area contributed by atoms with Crippen LogP contribution in [-0.4, -0.2) is 30.8 Å². The van der Waals surface area contributed by atoms with Crippen LogP contribution in [0.25, 0.3) is 0 Å². The number of carbonyl (C=O) groups is 4. The third-order valence-corrected chi connectivity index (χ3v) is 9.36. The first-order valence-corrected chi connectivity index (χ1v) is 20.1. The molecule has 1 atom stereocenters. The van der Waals surface area contributed by atoms with Gasteiger partial charge in [-0.2, -0.15) is 20.5 Å². The SMILES string of the molecule is C=CCC(C(C)=O)C(=O)Oc1ccc(N=Nc2ccc(OC(=O)CCCCCCC(=O)Oc3ccc(N=Nc4ccc(OC)c(C(C)(C)C)c4)cc3)c(C(C)(C)C)c2)cc1. The normalized spacial score (nSPS) is 12.3. The summed E-state index contributed by atoms with van der Waals surface area (Å²) in [4.78, 5) is 49.5. The fourth-order valence-corrected chi connectivity index (χ4v) is 6.02. The third kappa shape index (κ3) is 14.5. The van der Waals surface area contributed by atoms with Crippen molar-refractivity contribution in [1.29, 1.82) is 0 Å². The maximum atomic E-state index is 12.8. The number of methoxy groups -OCH3 is 1. The van der Waals surface area contributed by atoms with Crippen LogP contribution in [0.2, 0.25) is 0 Å². The van der Waals surface area contributed by atoms with Crippen molar-refractivity contribution in [1.82, 2.24) is 0 Å². The Balaban J connectivity index is 1.19. The second-order valence-electron chi connectivity index (χ2n) is 16.4. The summed E-state index contributed by atoms with van der Waals surface area (Å²) in [5.74, 6) is -0.486. The summed E-state index contributed by atoms with van der Waals surface area (Å²) >= 11 is 0. The molecule has 60 heavy (non-hydrogen) atoms. The highest BCUT2D eigenvalue weighted by atomic mass is 16.5. The number of unbranched alkanes of at least 4 members (excludes halogenated alkanes) is 3. The van der Waals surface area contributed by atoms with Gasteiger partial charge in [0.1, 0.15) is 34.7 Å². The number of carbonyl (C=O) groups excluding carboxylic acids is 4. The minimum absolute atomic E-state index is 0.113. The Morgan fingerprint density at radius 1 is 0.583 bits per heavy atom. The average molecular weight is 817 g/mol. The molecule has 0 spiro atoms. The lowest BCUT2D eigenvalue weighted by Gasteiger charge is -2.22. The van der Waals surface area contributed by atoms with Crippen LogP contribution in [0.1, 0.15) is 105 Å². The van der Waals surface area contributed by atoms with Crippen LogP contribution in [0.15, 0.2) is 118 Å². The van der Waals surface area contributed by atoms with Gasteiger partial charge in [-0.3, -0.25) is 19.2 Å². The Bertz CT molecular complexity index is 2180. The average Bonchev–Trinajstić information content (AvgIpc) is 3.20. The number of ketones is 1. The number of esters is 3. The molecule has 0 bridgehead atoms. The first kappa shape index (κ1) is 46.4. The maximum Gasteiger partial charge on any atom is 0.322 e. The molecule has 0 saturated carbocycles. The zero-order chi connectivity index (χ0) is 43.9. The van der Waals surface area contributed by atoms with Gasteiger partial charge in [0.15, 0.2) is 0 Å². The van der Waals surface area contributed by atoms with Gasteiger partial charge in [0, 0.05) is 24.0 Å². The Morgan fingerprint density at radius 2 is 1.00 bits per heavy atom. The fourth-order valence-electron chi connectivity index (χ4n) is 6.02. The molecule has 4 rings (SSSR count). The number of allylic oxidation sites excluding steroid dienone is 1. The number of Topliss-reactive ketones (excluding diaryl/α,β-unsaturated/α-hetero) is 1. The van der Waals surface area contributed by atoms with E-state index in [4.69, 9.17) is 18.9 Å². The maximum absolute atomic E-state index is 12.8. The van der Waals surface area contributed by atoms with Crippen molar-refractivity contribution in [2.24, 2.45) is 26.4 Å².